The molecule has 1 amide bonds. The fraction of sp³-hybridized carbons (Fsp3) is 0.200. The van der Waals surface area contributed by atoms with Gasteiger partial charge in [0.2, 0.25) is 0 Å². The van der Waals surface area contributed by atoms with Crippen molar-refractivity contribution in [1.29, 1.82) is 0 Å². The second-order valence-electron chi connectivity index (χ2n) is 5.52. The van der Waals surface area contributed by atoms with Crippen molar-refractivity contribution in [3.8, 4) is 11.4 Å². The zero-order valence-electron chi connectivity index (χ0n) is 12.5. The summed E-state index contributed by atoms with van der Waals surface area (Å²) >= 11 is 6.13. The van der Waals surface area contributed by atoms with Crippen LogP contribution in [0, 0.1) is 0 Å². The topological polar surface area (TPSA) is 95.6 Å². The van der Waals surface area contributed by atoms with E-state index in [1.54, 1.807) is 6.07 Å². The maximum absolute atomic E-state index is 12.2. The smallest absolute Gasteiger partial charge is 0.284 e. The Bertz CT molecular complexity index is 808. The van der Waals surface area contributed by atoms with Crippen molar-refractivity contribution in [3.05, 3.63) is 46.7 Å². The number of halogens is 2. The van der Waals surface area contributed by atoms with Crippen molar-refractivity contribution in [2.45, 2.75) is 19.4 Å². The summed E-state index contributed by atoms with van der Waals surface area (Å²) in [4.78, 5) is 15.8. The number of carbonyl (C=O) groups excluding carboxylic acids is 1. The third-order valence-corrected chi connectivity index (χ3v) is 3.70. The van der Waals surface area contributed by atoms with Crippen molar-refractivity contribution < 1.29 is 9.53 Å². The predicted molar refractivity (Wildman–Crippen MR) is 91.8 cm³/mol. The lowest BCUT2D eigenvalue weighted by Gasteiger charge is -2.35. The molecule has 0 spiro atoms. The molecule has 0 unspecified atom stereocenters. The minimum atomic E-state index is -0.600. The Morgan fingerprint density at radius 1 is 1.35 bits per heavy atom. The molecule has 1 aromatic heterocycles. The Labute approximate surface area is 144 Å². The van der Waals surface area contributed by atoms with Gasteiger partial charge < -0.3 is 20.8 Å². The summed E-state index contributed by atoms with van der Waals surface area (Å²) in [5.41, 5.74) is 11.8. The van der Waals surface area contributed by atoms with Gasteiger partial charge in [0.1, 0.15) is 5.60 Å². The average Bonchev–Trinajstić information content (AvgIpc) is 2.88. The molecular weight excluding hydrogens is 339 g/mol. The van der Waals surface area contributed by atoms with Gasteiger partial charge in [0.15, 0.2) is 11.7 Å². The van der Waals surface area contributed by atoms with E-state index < -0.39 is 11.5 Å². The van der Waals surface area contributed by atoms with E-state index in [0.717, 1.165) is 5.69 Å². The first kappa shape index (κ1) is 17.2. The van der Waals surface area contributed by atoms with Gasteiger partial charge in [0.05, 0.1) is 16.9 Å². The first-order valence-corrected chi connectivity index (χ1v) is 7.02. The third-order valence-electron chi connectivity index (χ3n) is 3.48. The van der Waals surface area contributed by atoms with Crippen molar-refractivity contribution in [2.24, 2.45) is 16.5 Å². The number of guanidine groups is 1. The molecule has 0 bridgehead atoms. The lowest BCUT2D eigenvalue weighted by atomic mass is 10.0. The summed E-state index contributed by atoms with van der Waals surface area (Å²) in [5, 5.41) is 0.399. The molecule has 0 saturated carbocycles. The van der Waals surface area contributed by atoms with Crippen LogP contribution in [0.15, 0.2) is 35.5 Å². The zero-order chi connectivity index (χ0) is 16.1. The minimum Gasteiger partial charge on any atom is -0.479 e. The molecule has 122 valence electrons. The summed E-state index contributed by atoms with van der Waals surface area (Å²) in [7, 11) is 0. The van der Waals surface area contributed by atoms with Crippen molar-refractivity contribution in [1.82, 2.24) is 4.57 Å². The van der Waals surface area contributed by atoms with Crippen LogP contribution >= 0.6 is 24.0 Å². The SMILES string of the molecule is CC1(C)Oc2c(C(=O)N=C(N)N)cc(Cl)cc2-n2cccc21.Cl. The predicted octanol–water partition coefficient (Wildman–Crippen LogP) is 2.59. The van der Waals surface area contributed by atoms with E-state index in [2.05, 4.69) is 4.99 Å². The number of carbonyl (C=O) groups is 1. The maximum Gasteiger partial charge on any atom is 0.284 e. The number of rotatable bonds is 1. The summed E-state index contributed by atoms with van der Waals surface area (Å²) in [6, 6.07) is 7.11. The van der Waals surface area contributed by atoms with Crippen LogP contribution in [0.3, 0.4) is 0 Å². The van der Waals surface area contributed by atoms with Gasteiger partial charge in [-0.15, -0.1) is 12.4 Å². The van der Waals surface area contributed by atoms with Crippen LogP contribution in [0.25, 0.3) is 5.69 Å². The molecule has 3 rings (SSSR count). The van der Waals surface area contributed by atoms with Crippen LogP contribution in [0.4, 0.5) is 0 Å². The van der Waals surface area contributed by atoms with Gasteiger partial charge in [0.25, 0.3) is 5.91 Å². The van der Waals surface area contributed by atoms with Gasteiger partial charge in [-0.3, -0.25) is 4.79 Å². The highest BCUT2D eigenvalue weighted by molar-refractivity contribution is 6.31. The van der Waals surface area contributed by atoms with E-state index in [4.69, 9.17) is 27.8 Å². The van der Waals surface area contributed by atoms with E-state index in [1.807, 2.05) is 36.7 Å². The van der Waals surface area contributed by atoms with Crippen LogP contribution in [-0.4, -0.2) is 16.4 Å². The molecule has 8 heteroatoms. The van der Waals surface area contributed by atoms with E-state index in [1.165, 1.54) is 6.07 Å². The lowest BCUT2D eigenvalue weighted by molar-refractivity contribution is 0.0867. The van der Waals surface area contributed by atoms with Crippen molar-refractivity contribution in [3.63, 3.8) is 0 Å². The number of ether oxygens (including phenoxy) is 1. The minimum absolute atomic E-state index is 0. The normalized spacial score (nSPS) is 13.9. The first-order chi connectivity index (χ1) is 10.3. The largest absolute Gasteiger partial charge is 0.479 e. The molecule has 0 saturated heterocycles. The molecule has 0 fully saturated rings. The lowest BCUT2D eigenvalue weighted by Crippen LogP contribution is -2.33. The molecule has 4 N–H and O–H groups in total. The van der Waals surface area contributed by atoms with Gasteiger partial charge in [0, 0.05) is 11.2 Å². The standard InChI is InChI=1S/C15H15ClN4O2.ClH/c1-15(2)11-4-3-5-20(11)10-7-8(16)6-9(12(10)22-15)13(21)19-14(17)18;/h3-7H,1-2H3,(H4,17,18,19,21);1H. The number of fused-ring (bicyclic) bond motifs is 3. The van der Waals surface area contributed by atoms with Gasteiger partial charge in [-0.25, -0.2) is 0 Å². The van der Waals surface area contributed by atoms with Crippen LogP contribution < -0.4 is 16.2 Å². The van der Waals surface area contributed by atoms with Crippen molar-refractivity contribution >= 4 is 35.9 Å². The highest BCUT2D eigenvalue weighted by Gasteiger charge is 2.35. The summed E-state index contributed by atoms with van der Waals surface area (Å²) in [6.45, 7) is 3.84. The zero-order valence-corrected chi connectivity index (χ0v) is 14.1. The van der Waals surface area contributed by atoms with E-state index in [0.29, 0.717) is 16.5 Å². The van der Waals surface area contributed by atoms with Crippen LogP contribution in [-0.2, 0) is 5.60 Å². The first-order valence-electron chi connectivity index (χ1n) is 6.64. The van der Waals surface area contributed by atoms with Crippen LogP contribution in [0.1, 0.15) is 29.9 Å². The molecule has 0 radical (unpaired) electrons. The molecule has 0 aliphatic carbocycles. The summed E-state index contributed by atoms with van der Waals surface area (Å²) in [5.74, 6) is -0.492. The number of hydrogen-bond acceptors (Lipinski definition) is 2. The molecule has 0 atom stereocenters. The average molecular weight is 355 g/mol. The Morgan fingerprint density at radius 3 is 2.70 bits per heavy atom. The number of aliphatic imine (C=N–C) groups is 1. The fourth-order valence-corrected chi connectivity index (χ4v) is 2.80. The van der Waals surface area contributed by atoms with Crippen molar-refractivity contribution in [2.75, 3.05) is 0 Å². The molecule has 1 aromatic carbocycles. The molecule has 1 aliphatic heterocycles. The number of nitrogens with two attached hydrogens (primary N) is 2. The summed E-state index contributed by atoms with van der Waals surface area (Å²) < 4.78 is 7.98. The quantitative estimate of drug-likeness (QED) is 0.607. The second-order valence-corrected chi connectivity index (χ2v) is 5.96. The summed E-state index contributed by atoms with van der Waals surface area (Å²) in [6.07, 6.45) is 1.89. The number of nitrogens with zero attached hydrogens (tertiary/aromatic N) is 2. The Balaban J connectivity index is 0.00000192. The van der Waals surface area contributed by atoms with Gasteiger partial charge in [-0.05, 0) is 38.1 Å². The highest BCUT2D eigenvalue weighted by atomic mass is 35.5. The number of aromatic nitrogens is 1. The fourth-order valence-electron chi connectivity index (χ4n) is 2.59. The van der Waals surface area contributed by atoms with Gasteiger partial charge >= 0.3 is 0 Å². The number of hydrogen-bond donors (Lipinski definition) is 2. The van der Waals surface area contributed by atoms with Gasteiger partial charge in [-0.2, -0.15) is 4.99 Å². The Kier molecular flexibility index (Phi) is 4.32. The highest BCUT2D eigenvalue weighted by Crippen LogP contribution is 2.42. The monoisotopic (exact) mass is 354 g/mol. The number of benzene rings is 1. The van der Waals surface area contributed by atoms with E-state index in [-0.39, 0.29) is 23.9 Å². The van der Waals surface area contributed by atoms with Crippen LogP contribution in [0.5, 0.6) is 5.75 Å². The molecule has 6 nitrogen and oxygen atoms in total. The van der Waals surface area contributed by atoms with E-state index >= 15 is 0 Å². The Morgan fingerprint density at radius 2 is 2.04 bits per heavy atom. The molecule has 23 heavy (non-hydrogen) atoms. The van der Waals surface area contributed by atoms with Gasteiger partial charge in [-0.1, -0.05) is 11.6 Å². The molecular formula is C15H16Cl2N4O2. The molecule has 2 aromatic rings. The van der Waals surface area contributed by atoms with Crippen LogP contribution in [0.2, 0.25) is 5.02 Å². The molecule has 2 heterocycles. The maximum atomic E-state index is 12.2. The second kappa shape index (κ2) is 5.79. The third kappa shape index (κ3) is 2.87. The molecule has 1 aliphatic rings. The number of amides is 1. The van der Waals surface area contributed by atoms with E-state index in [9.17, 15) is 4.79 Å². The Hall–Kier alpha value is -2.18.